The largest absolute Gasteiger partial charge is 0.444 e. The number of aromatic nitrogens is 2. The first-order valence-corrected chi connectivity index (χ1v) is 11.3. The molecule has 0 radical (unpaired) electrons. The second-order valence-corrected chi connectivity index (χ2v) is 8.04. The zero-order chi connectivity index (χ0) is 20.9. The van der Waals surface area contributed by atoms with E-state index in [1.807, 2.05) is 30.6 Å². The number of hydrogen-bond donors (Lipinski definition) is 0. The van der Waals surface area contributed by atoms with Crippen LogP contribution in [0.5, 0.6) is 0 Å². The van der Waals surface area contributed by atoms with Crippen LogP contribution in [0.2, 0.25) is 0 Å². The number of thioether (sulfide) groups is 1. The van der Waals surface area contributed by atoms with Crippen LogP contribution < -0.4 is 0 Å². The van der Waals surface area contributed by atoms with Gasteiger partial charge in [-0.2, -0.15) is 5.26 Å². The van der Waals surface area contributed by atoms with Crippen molar-refractivity contribution in [2.75, 3.05) is 5.75 Å². The number of ether oxygens (including phenoxy) is 1. The first kappa shape index (κ1) is 22.9. The van der Waals surface area contributed by atoms with Crippen molar-refractivity contribution in [1.82, 2.24) is 9.97 Å². The Morgan fingerprint density at radius 2 is 1.66 bits per heavy atom. The highest BCUT2D eigenvalue weighted by Crippen LogP contribution is 2.21. The Hall–Kier alpha value is -2.39. The number of hydrogen-bond acceptors (Lipinski definition) is 6. The molecule has 2 rings (SSSR count). The van der Waals surface area contributed by atoms with Gasteiger partial charge in [-0.3, -0.25) is 0 Å². The molecule has 0 saturated heterocycles. The molecule has 1 atom stereocenters. The fourth-order valence-electron chi connectivity index (χ4n) is 2.82. The van der Waals surface area contributed by atoms with Crippen LogP contribution in [0.4, 0.5) is 0 Å². The van der Waals surface area contributed by atoms with Gasteiger partial charge in [0.15, 0.2) is 11.3 Å². The molecule has 0 fully saturated rings. The topological polar surface area (TPSA) is 75.9 Å². The van der Waals surface area contributed by atoms with Gasteiger partial charge in [-0.1, -0.05) is 69.3 Å². The normalized spacial score (nSPS) is 11.6. The maximum absolute atomic E-state index is 11.9. The number of rotatable bonds is 12. The van der Waals surface area contributed by atoms with Crippen molar-refractivity contribution in [3.63, 3.8) is 0 Å². The molecule has 0 aliphatic carbocycles. The minimum atomic E-state index is -0.762. The van der Waals surface area contributed by atoms with Crippen LogP contribution in [0.25, 0.3) is 11.1 Å². The fourth-order valence-corrected chi connectivity index (χ4v) is 3.60. The molecule has 0 saturated carbocycles. The summed E-state index contributed by atoms with van der Waals surface area (Å²) < 4.78 is 5.00. The van der Waals surface area contributed by atoms with E-state index in [1.54, 1.807) is 23.9 Å². The van der Waals surface area contributed by atoms with Crippen molar-refractivity contribution in [3.8, 4) is 17.2 Å². The van der Waals surface area contributed by atoms with Gasteiger partial charge in [0.25, 0.3) is 0 Å². The van der Waals surface area contributed by atoms with Crippen molar-refractivity contribution in [2.24, 2.45) is 0 Å². The molecule has 0 aliphatic rings. The lowest BCUT2D eigenvalue weighted by Crippen LogP contribution is -2.12. The highest BCUT2D eigenvalue weighted by Gasteiger charge is 2.11. The number of nitriles is 1. The van der Waals surface area contributed by atoms with Gasteiger partial charge in [0.05, 0.1) is 5.56 Å². The molecule has 0 spiro atoms. The Bertz CT molecular complexity index is 785. The van der Waals surface area contributed by atoms with Gasteiger partial charge in [0, 0.05) is 23.7 Å². The molecule has 5 nitrogen and oxygen atoms in total. The molecule has 1 aromatic heterocycles. The van der Waals surface area contributed by atoms with Gasteiger partial charge in [-0.15, -0.1) is 0 Å². The summed E-state index contributed by atoms with van der Waals surface area (Å²) in [5.74, 6) is 0.546. The Morgan fingerprint density at radius 1 is 1.03 bits per heavy atom. The van der Waals surface area contributed by atoms with Crippen molar-refractivity contribution >= 4 is 17.7 Å². The molecule has 29 heavy (non-hydrogen) atoms. The van der Waals surface area contributed by atoms with E-state index in [0.717, 1.165) is 22.0 Å². The average Bonchev–Trinajstić information content (AvgIpc) is 2.76. The zero-order valence-corrected chi connectivity index (χ0v) is 18.1. The van der Waals surface area contributed by atoms with Crippen molar-refractivity contribution in [2.45, 2.75) is 70.1 Å². The second-order valence-electron chi connectivity index (χ2n) is 6.98. The van der Waals surface area contributed by atoms with Gasteiger partial charge in [-0.05, 0) is 31.0 Å². The van der Waals surface area contributed by atoms with Crippen LogP contribution in [0, 0.1) is 11.3 Å². The van der Waals surface area contributed by atoms with E-state index in [2.05, 4.69) is 16.9 Å². The van der Waals surface area contributed by atoms with Crippen molar-refractivity contribution in [3.05, 3.63) is 42.2 Å². The lowest BCUT2D eigenvalue weighted by Gasteiger charge is -2.07. The Kier molecular flexibility index (Phi) is 10.2. The Morgan fingerprint density at radius 3 is 2.28 bits per heavy atom. The van der Waals surface area contributed by atoms with Crippen LogP contribution in [0.3, 0.4) is 0 Å². The van der Waals surface area contributed by atoms with Crippen LogP contribution in [0.1, 0.15) is 69.2 Å². The lowest BCUT2D eigenvalue weighted by atomic mass is 10.1. The number of carbonyl (C=O) groups excluding carboxylic acids is 1. The first-order valence-electron chi connectivity index (χ1n) is 10.3. The molecule has 154 valence electrons. The summed E-state index contributed by atoms with van der Waals surface area (Å²) in [4.78, 5) is 20.8. The Balaban J connectivity index is 1.78. The molecule has 0 unspecified atom stereocenters. The van der Waals surface area contributed by atoms with E-state index in [4.69, 9.17) is 10.00 Å². The minimum Gasteiger partial charge on any atom is -0.444 e. The number of unbranched alkanes of at least 4 members (excludes halogenated alkanes) is 6. The van der Waals surface area contributed by atoms with Gasteiger partial charge >= 0.3 is 5.97 Å². The molecule has 0 N–H and O–H groups in total. The third kappa shape index (κ3) is 8.25. The molecule has 1 heterocycles. The summed E-state index contributed by atoms with van der Waals surface area (Å²) >= 11 is 1.70. The molecule has 6 heteroatoms. The van der Waals surface area contributed by atoms with E-state index in [-0.39, 0.29) is 0 Å². The lowest BCUT2D eigenvalue weighted by molar-refractivity contribution is 0.0435. The minimum absolute atomic E-state index is 0.415. The first-order chi connectivity index (χ1) is 14.1. The highest BCUT2D eigenvalue weighted by atomic mass is 32.2. The van der Waals surface area contributed by atoms with Gasteiger partial charge in [0.1, 0.15) is 6.07 Å². The average molecular weight is 412 g/mol. The molecule has 0 bridgehead atoms. The van der Waals surface area contributed by atoms with Gasteiger partial charge in [-0.25, -0.2) is 14.8 Å². The monoisotopic (exact) mass is 411 g/mol. The van der Waals surface area contributed by atoms with Crippen LogP contribution in [-0.2, 0) is 4.74 Å². The summed E-state index contributed by atoms with van der Waals surface area (Å²) in [6, 6.07) is 8.91. The van der Waals surface area contributed by atoms with E-state index < -0.39 is 12.1 Å². The molecule has 0 amide bonds. The van der Waals surface area contributed by atoms with Gasteiger partial charge < -0.3 is 4.74 Å². The van der Waals surface area contributed by atoms with Gasteiger partial charge in [0.2, 0.25) is 0 Å². The highest BCUT2D eigenvalue weighted by molar-refractivity contribution is 7.99. The summed E-state index contributed by atoms with van der Waals surface area (Å²) in [5, 5.41) is 9.52. The standard InChI is InChI=1S/C23H29N3O2S/c1-3-4-5-6-7-8-9-14-29-23-25-16-21(17-26-23)19-10-12-20(13-11-19)22(27)28-18(2)15-24/h10-13,16-18H,3-9,14H2,1-2H3/t18-/m1/s1. The predicted octanol–water partition coefficient (Wildman–Crippen LogP) is 6.06. The van der Waals surface area contributed by atoms with Crippen LogP contribution in [-0.4, -0.2) is 27.8 Å². The summed E-state index contributed by atoms with van der Waals surface area (Å²) in [5.41, 5.74) is 2.24. The quantitative estimate of drug-likeness (QED) is 0.183. The molecule has 0 aliphatic heterocycles. The van der Waals surface area contributed by atoms with E-state index in [1.165, 1.54) is 51.9 Å². The van der Waals surface area contributed by atoms with Crippen LogP contribution in [0.15, 0.2) is 41.8 Å². The van der Waals surface area contributed by atoms with E-state index in [0.29, 0.717) is 5.56 Å². The second kappa shape index (κ2) is 12.9. The third-order valence-electron chi connectivity index (χ3n) is 4.53. The number of benzene rings is 1. The Labute approximate surface area is 177 Å². The summed E-state index contributed by atoms with van der Waals surface area (Å²) in [6.45, 7) is 3.78. The zero-order valence-electron chi connectivity index (χ0n) is 17.3. The van der Waals surface area contributed by atoms with Crippen molar-refractivity contribution < 1.29 is 9.53 Å². The third-order valence-corrected chi connectivity index (χ3v) is 5.49. The summed E-state index contributed by atoms with van der Waals surface area (Å²) in [6.07, 6.45) is 12.0. The molecule has 1 aromatic carbocycles. The number of carbonyl (C=O) groups is 1. The molecule has 2 aromatic rings. The maximum Gasteiger partial charge on any atom is 0.339 e. The fraction of sp³-hybridized carbons (Fsp3) is 0.478. The van der Waals surface area contributed by atoms with Crippen molar-refractivity contribution in [1.29, 1.82) is 5.26 Å². The number of esters is 1. The predicted molar refractivity (Wildman–Crippen MR) is 117 cm³/mol. The molecular formula is C23H29N3O2S. The summed E-state index contributed by atoms with van der Waals surface area (Å²) in [7, 11) is 0. The SMILES string of the molecule is CCCCCCCCCSc1ncc(-c2ccc(C(=O)O[C@H](C)C#N)cc2)cn1. The van der Waals surface area contributed by atoms with E-state index >= 15 is 0 Å². The molecular weight excluding hydrogens is 382 g/mol. The number of nitrogens with zero attached hydrogens (tertiary/aromatic N) is 3. The van der Waals surface area contributed by atoms with Crippen LogP contribution >= 0.6 is 11.8 Å². The van der Waals surface area contributed by atoms with E-state index in [9.17, 15) is 4.79 Å². The maximum atomic E-state index is 11.9. The smallest absolute Gasteiger partial charge is 0.339 e.